The van der Waals surface area contributed by atoms with Crippen LogP contribution in [0, 0.1) is 12.8 Å². The van der Waals surface area contributed by atoms with Crippen molar-refractivity contribution in [3.05, 3.63) is 33.9 Å². The largest absolute Gasteiger partial charge is 0.493 e. The van der Waals surface area contributed by atoms with E-state index >= 15 is 0 Å². The first-order valence-electron chi connectivity index (χ1n) is 10.5. The van der Waals surface area contributed by atoms with Crippen LogP contribution in [0.2, 0.25) is 0 Å². The Balaban J connectivity index is 2.33. The second-order valence-corrected chi connectivity index (χ2v) is 9.14. The normalized spacial score (nSPS) is 25.6. The molecule has 28 heavy (non-hydrogen) atoms. The summed E-state index contributed by atoms with van der Waals surface area (Å²) in [5, 5.41) is 0. The molecule has 154 valence electrons. The number of amides is 1. The van der Waals surface area contributed by atoms with E-state index in [-0.39, 0.29) is 6.09 Å². The summed E-state index contributed by atoms with van der Waals surface area (Å²) in [5.74, 6) is 3.25. The molecule has 0 spiro atoms. The Kier molecular flexibility index (Phi) is 5.79. The molecular formula is C24H35NO3. The molecule has 0 fully saturated rings. The summed E-state index contributed by atoms with van der Waals surface area (Å²) in [7, 11) is 5.11. The first-order valence-corrected chi connectivity index (χ1v) is 10.5. The molecule has 1 aromatic carbocycles. The lowest BCUT2D eigenvalue weighted by molar-refractivity contribution is 0.168. The van der Waals surface area contributed by atoms with Gasteiger partial charge in [0.25, 0.3) is 0 Å². The second kappa shape index (κ2) is 7.81. The maximum absolute atomic E-state index is 12.4. The van der Waals surface area contributed by atoms with Crippen LogP contribution in [0.15, 0.2) is 11.6 Å². The Morgan fingerprint density at radius 1 is 1.07 bits per heavy atom. The van der Waals surface area contributed by atoms with Crippen LogP contribution in [0.25, 0.3) is 0 Å². The Morgan fingerprint density at radius 2 is 1.75 bits per heavy atom. The molecule has 0 saturated carbocycles. The van der Waals surface area contributed by atoms with Crippen molar-refractivity contribution in [3.63, 3.8) is 0 Å². The fraction of sp³-hybridized carbons (Fsp3) is 0.625. The number of hydrogen-bond acceptors (Lipinski definition) is 3. The van der Waals surface area contributed by atoms with Gasteiger partial charge in [-0.15, -0.1) is 0 Å². The predicted molar refractivity (Wildman–Crippen MR) is 114 cm³/mol. The second-order valence-electron chi connectivity index (χ2n) is 9.14. The van der Waals surface area contributed by atoms with E-state index in [4.69, 9.17) is 9.47 Å². The number of rotatable bonds is 3. The number of carbonyl (C=O) groups excluding carboxylic acids is 1. The van der Waals surface area contributed by atoms with Crippen LogP contribution in [0.4, 0.5) is 4.79 Å². The lowest BCUT2D eigenvalue weighted by Crippen LogP contribution is -2.31. The summed E-state index contributed by atoms with van der Waals surface area (Å²) < 4.78 is 11.8. The molecule has 0 aromatic heterocycles. The molecule has 0 saturated heterocycles. The smallest absolute Gasteiger partial charge is 0.414 e. The van der Waals surface area contributed by atoms with Gasteiger partial charge in [0.05, 0.1) is 7.11 Å². The summed E-state index contributed by atoms with van der Waals surface area (Å²) >= 11 is 0. The average Bonchev–Trinajstić information content (AvgIpc) is 2.60. The van der Waals surface area contributed by atoms with Crippen molar-refractivity contribution >= 4 is 6.09 Å². The average molecular weight is 386 g/mol. The zero-order valence-corrected chi connectivity index (χ0v) is 18.7. The molecule has 4 atom stereocenters. The van der Waals surface area contributed by atoms with Crippen LogP contribution in [-0.2, 0) is 0 Å². The van der Waals surface area contributed by atoms with E-state index in [2.05, 4.69) is 40.7 Å². The monoisotopic (exact) mass is 385 g/mol. The standard InChI is InChI=1S/C24H35NO3/c1-13(2)11-17-12-15(4)18-10-9-14(3)19-21(18)20(17)16(5)22(27-8)23(19)28-24(26)25(6)7/h11,14-15,17-18H,9-10,12H2,1-8H3/t14-,15-,17+,18+/m0/s1. The van der Waals surface area contributed by atoms with E-state index in [0.717, 1.165) is 24.2 Å². The SMILES string of the molecule is COc1c(C)c2c3c(c1OC(=O)N(C)C)[C@@H](C)CC[C@@H]3[C@@H](C)C[C@H]2C=C(C)C. The maximum atomic E-state index is 12.4. The predicted octanol–water partition coefficient (Wildman–Crippen LogP) is 6.13. The quantitative estimate of drug-likeness (QED) is 0.587. The molecule has 0 bridgehead atoms. The van der Waals surface area contributed by atoms with Gasteiger partial charge in [-0.3, -0.25) is 0 Å². The van der Waals surface area contributed by atoms with Gasteiger partial charge in [0, 0.05) is 25.6 Å². The van der Waals surface area contributed by atoms with E-state index in [9.17, 15) is 4.79 Å². The van der Waals surface area contributed by atoms with Gasteiger partial charge in [-0.25, -0.2) is 4.79 Å². The highest BCUT2D eigenvalue weighted by Gasteiger charge is 2.42. The van der Waals surface area contributed by atoms with E-state index in [1.165, 1.54) is 33.6 Å². The van der Waals surface area contributed by atoms with E-state index in [1.807, 2.05) is 0 Å². The molecule has 0 N–H and O–H groups in total. The van der Waals surface area contributed by atoms with Crippen molar-refractivity contribution in [1.29, 1.82) is 0 Å². The van der Waals surface area contributed by atoms with Crippen molar-refractivity contribution in [2.45, 2.75) is 71.6 Å². The number of hydrogen-bond donors (Lipinski definition) is 0. The zero-order chi connectivity index (χ0) is 20.7. The summed E-state index contributed by atoms with van der Waals surface area (Å²) in [4.78, 5) is 13.9. The molecule has 2 aliphatic rings. The van der Waals surface area contributed by atoms with E-state index < -0.39 is 0 Å². The Morgan fingerprint density at radius 3 is 2.32 bits per heavy atom. The molecule has 0 radical (unpaired) electrons. The van der Waals surface area contributed by atoms with Crippen molar-refractivity contribution in [3.8, 4) is 11.5 Å². The Hall–Kier alpha value is -1.97. The third-order valence-corrected chi connectivity index (χ3v) is 6.53. The molecule has 0 unspecified atom stereocenters. The minimum Gasteiger partial charge on any atom is -0.493 e. The van der Waals surface area contributed by atoms with Crippen molar-refractivity contribution in [1.82, 2.24) is 4.90 Å². The van der Waals surface area contributed by atoms with Gasteiger partial charge in [0.1, 0.15) is 0 Å². The molecular weight excluding hydrogens is 350 g/mol. The molecule has 4 heteroatoms. The molecule has 0 aliphatic heterocycles. The Labute approximate surface area is 169 Å². The third kappa shape index (κ3) is 3.42. The lowest BCUT2D eigenvalue weighted by Gasteiger charge is -2.43. The highest BCUT2D eigenvalue weighted by molar-refractivity contribution is 5.74. The summed E-state index contributed by atoms with van der Waals surface area (Å²) in [5.41, 5.74) is 6.50. The van der Waals surface area contributed by atoms with Crippen LogP contribution < -0.4 is 9.47 Å². The summed E-state index contributed by atoms with van der Waals surface area (Å²) in [6.45, 7) is 11.1. The first kappa shape index (κ1) is 20.8. The molecule has 1 amide bonds. The summed E-state index contributed by atoms with van der Waals surface area (Å²) in [6, 6.07) is 0. The number of benzene rings is 1. The fourth-order valence-corrected chi connectivity index (χ4v) is 5.30. The van der Waals surface area contributed by atoms with Crippen molar-refractivity contribution in [2.24, 2.45) is 5.92 Å². The summed E-state index contributed by atoms with van der Waals surface area (Å²) in [6.07, 6.45) is 5.54. The van der Waals surface area contributed by atoms with Gasteiger partial charge in [-0.05, 0) is 74.5 Å². The van der Waals surface area contributed by atoms with E-state index in [1.54, 1.807) is 21.2 Å². The van der Waals surface area contributed by atoms with Crippen LogP contribution in [0.1, 0.15) is 87.0 Å². The number of nitrogens with zero attached hydrogens (tertiary/aromatic N) is 1. The number of methoxy groups -OCH3 is 1. The van der Waals surface area contributed by atoms with Crippen LogP contribution in [0.3, 0.4) is 0 Å². The van der Waals surface area contributed by atoms with Gasteiger partial charge in [0.2, 0.25) is 0 Å². The topological polar surface area (TPSA) is 38.8 Å². The highest BCUT2D eigenvalue weighted by atomic mass is 16.6. The van der Waals surface area contributed by atoms with E-state index in [0.29, 0.717) is 29.4 Å². The van der Waals surface area contributed by atoms with Gasteiger partial charge in [-0.2, -0.15) is 0 Å². The minimum atomic E-state index is -0.354. The molecule has 0 heterocycles. The molecule has 3 rings (SSSR count). The van der Waals surface area contributed by atoms with Crippen LogP contribution in [0.5, 0.6) is 11.5 Å². The zero-order valence-electron chi connectivity index (χ0n) is 18.7. The Bertz CT molecular complexity index is 805. The highest BCUT2D eigenvalue weighted by Crippen LogP contribution is 2.58. The third-order valence-electron chi connectivity index (χ3n) is 6.53. The van der Waals surface area contributed by atoms with Gasteiger partial charge < -0.3 is 14.4 Å². The number of carbonyl (C=O) groups is 1. The lowest BCUT2D eigenvalue weighted by atomic mass is 9.62. The first-order chi connectivity index (χ1) is 13.2. The number of allylic oxidation sites excluding steroid dienone is 2. The maximum Gasteiger partial charge on any atom is 0.414 e. The fourth-order valence-electron chi connectivity index (χ4n) is 5.30. The van der Waals surface area contributed by atoms with Crippen LogP contribution in [-0.4, -0.2) is 32.2 Å². The minimum absolute atomic E-state index is 0.349. The van der Waals surface area contributed by atoms with Gasteiger partial charge >= 0.3 is 6.09 Å². The van der Waals surface area contributed by atoms with Gasteiger partial charge in [0.15, 0.2) is 11.5 Å². The molecule has 1 aromatic rings. The number of ether oxygens (including phenoxy) is 2. The van der Waals surface area contributed by atoms with Crippen LogP contribution >= 0.6 is 0 Å². The molecule has 2 aliphatic carbocycles. The van der Waals surface area contributed by atoms with Crippen molar-refractivity contribution < 1.29 is 14.3 Å². The van der Waals surface area contributed by atoms with Crippen molar-refractivity contribution in [2.75, 3.05) is 21.2 Å². The van der Waals surface area contributed by atoms with Gasteiger partial charge in [-0.1, -0.05) is 25.5 Å². The molecule has 4 nitrogen and oxygen atoms in total.